The number of likely N-dealkylation sites (tertiary alicyclic amines) is 1. The summed E-state index contributed by atoms with van der Waals surface area (Å²) < 4.78 is 2.24. The Bertz CT molecular complexity index is 729. The van der Waals surface area contributed by atoms with E-state index in [1.54, 1.807) is 0 Å². The fraction of sp³-hybridized carbons (Fsp3) is 0.294. The summed E-state index contributed by atoms with van der Waals surface area (Å²) in [6.07, 6.45) is 3.83. The second kappa shape index (κ2) is 5.30. The van der Waals surface area contributed by atoms with Gasteiger partial charge in [-0.3, -0.25) is 4.98 Å². The van der Waals surface area contributed by atoms with Crippen LogP contribution in [0, 0.1) is 0 Å². The van der Waals surface area contributed by atoms with Gasteiger partial charge >= 0.3 is 0 Å². The average Bonchev–Trinajstić information content (AvgIpc) is 2.90. The van der Waals surface area contributed by atoms with Crippen LogP contribution in [0.5, 0.6) is 0 Å². The van der Waals surface area contributed by atoms with Crippen molar-refractivity contribution in [1.82, 2.24) is 19.4 Å². The van der Waals surface area contributed by atoms with Crippen LogP contribution in [0.4, 0.5) is 0 Å². The van der Waals surface area contributed by atoms with Crippen LogP contribution in [0.25, 0.3) is 11.0 Å². The van der Waals surface area contributed by atoms with Crippen molar-refractivity contribution in [2.45, 2.75) is 12.5 Å². The quantitative estimate of drug-likeness (QED) is 0.735. The van der Waals surface area contributed by atoms with E-state index < -0.39 is 0 Å². The Balaban J connectivity index is 1.35. The Morgan fingerprint density at radius 1 is 0.952 bits per heavy atom. The summed E-state index contributed by atoms with van der Waals surface area (Å²) in [5.74, 6) is 0.603. The normalized spacial score (nSPS) is 16.2. The topological polar surface area (TPSA) is 34.0 Å². The van der Waals surface area contributed by atoms with Crippen LogP contribution in [-0.4, -0.2) is 39.1 Å². The Hall–Kier alpha value is -2.20. The lowest BCUT2D eigenvalue weighted by atomic mass is 9.96. The maximum absolute atomic E-state index is 4.44. The van der Waals surface area contributed by atoms with Gasteiger partial charge in [-0.2, -0.15) is 0 Å². The van der Waals surface area contributed by atoms with Crippen LogP contribution >= 0.6 is 0 Å². The molecule has 1 aliphatic heterocycles. The van der Waals surface area contributed by atoms with Crippen molar-refractivity contribution < 1.29 is 0 Å². The highest BCUT2D eigenvalue weighted by atomic mass is 15.2. The fourth-order valence-corrected chi connectivity index (χ4v) is 2.99. The Labute approximate surface area is 124 Å². The molecule has 1 saturated heterocycles. The van der Waals surface area contributed by atoms with Crippen molar-refractivity contribution in [1.29, 1.82) is 0 Å². The molecule has 1 fully saturated rings. The van der Waals surface area contributed by atoms with Gasteiger partial charge in [-0.25, -0.2) is 4.98 Å². The molecule has 0 radical (unpaired) electrons. The number of nitrogens with zero attached hydrogens (tertiary/aromatic N) is 4. The van der Waals surface area contributed by atoms with Crippen LogP contribution in [-0.2, 0) is 6.54 Å². The molecular weight excluding hydrogens is 260 g/mol. The van der Waals surface area contributed by atoms with E-state index in [1.165, 1.54) is 11.2 Å². The molecule has 0 N–H and O–H groups in total. The number of pyridine rings is 1. The first-order chi connectivity index (χ1) is 10.4. The molecular formula is C17H18N4. The highest BCUT2D eigenvalue weighted by molar-refractivity contribution is 5.74. The third kappa shape index (κ3) is 2.43. The van der Waals surface area contributed by atoms with Gasteiger partial charge in [0.15, 0.2) is 0 Å². The zero-order valence-corrected chi connectivity index (χ0v) is 11.9. The largest absolute Gasteiger partial charge is 0.329 e. The van der Waals surface area contributed by atoms with Gasteiger partial charge in [0.25, 0.3) is 0 Å². The summed E-state index contributed by atoms with van der Waals surface area (Å²) in [6, 6.07) is 14.5. The molecule has 4 heteroatoms. The van der Waals surface area contributed by atoms with Gasteiger partial charge in [0.05, 0.1) is 17.4 Å². The second-order valence-electron chi connectivity index (χ2n) is 5.64. The van der Waals surface area contributed by atoms with E-state index in [9.17, 15) is 0 Å². The van der Waals surface area contributed by atoms with Crippen LogP contribution in [0.2, 0.25) is 0 Å². The molecule has 2 aromatic heterocycles. The summed E-state index contributed by atoms with van der Waals surface area (Å²) in [4.78, 5) is 11.4. The zero-order chi connectivity index (χ0) is 14.1. The van der Waals surface area contributed by atoms with Gasteiger partial charge in [-0.1, -0.05) is 18.2 Å². The van der Waals surface area contributed by atoms with Gasteiger partial charge in [0.1, 0.15) is 0 Å². The third-order valence-electron chi connectivity index (χ3n) is 4.25. The van der Waals surface area contributed by atoms with Gasteiger partial charge in [0.2, 0.25) is 0 Å². The van der Waals surface area contributed by atoms with Crippen LogP contribution in [0.15, 0.2) is 55.0 Å². The number of aromatic nitrogens is 3. The van der Waals surface area contributed by atoms with Gasteiger partial charge in [-0.15, -0.1) is 0 Å². The minimum Gasteiger partial charge on any atom is -0.329 e. The molecule has 3 heterocycles. The number of fused-ring (bicyclic) bond motifs is 1. The van der Waals surface area contributed by atoms with Crippen LogP contribution < -0.4 is 0 Å². The summed E-state index contributed by atoms with van der Waals surface area (Å²) in [5.41, 5.74) is 3.52. The first-order valence-corrected chi connectivity index (χ1v) is 7.43. The highest BCUT2D eigenvalue weighted by Gasteiger charge is 2.28. The molecule has 0 saturated carbocycles. The number of para-hydroxylation sites is 2. The van der Waals surface area contributed by atoms with E-state index in [2.05, 4.69) is 49.8 Å². The maximum Gasteiger partial charge on any atom is 0.0958 e. The molecule has 21 heavy (non-hydrogen) atoms. The van der Waals surface area contributed by atoms with Crippen molar-refractivity contribution in [3.05, 3.63) is 60.7 Å². The van der Waals surface area contributed by atoms with Crippen molar-refractivity contribution in [3.8, 4) is 0 Å². The monoisotopic (exact) mass is 278 g/mol. The number of rotatable bonds is 4. The molecule has 1 aromatic carbocycles. The predicted molar refractivity (Wildman–Crippen MR) is 83.2 cm³/mol. The van der Waals surface area contributed by atoms with E-state index in [1.807, 2.05) is 24.7 Å². The fourth-order valence-electron chi connectivity index (χ4n) is 2.99. The molecule has 3 aromatic rings. The molecule has 4 rings (SSSR count). The third-order valence-corrected chi connectivity index (χ3v) is 4.25. The SMILES string of the molecule is c1ccc(C2CN(CCn3cnc4ccccc43)C2)nc1. The number of benzene rings is 1. The van der Waals surface area contributed by atoms with Gasteiger partial charge < -0.3 is 9.47 Å². The molecule has 0 atom stereocenters. The van der Waals surface area contributed by atoms with E-state index in [0.717, 1.165) is 31.7 Å². The lowest BCUT2D eigenvalue weighted by Gasteiger charge is -2.39. The average molecular weight is 278 g/mol. The van der Waals surface area contributed by atoms with Crippen LogP contribution in [0.3, 0.4) is 0 Å². The summed E-state index contributed by atoms with van der Waals surface area (Å²) in [7, 11) is 0. The van der Waals surface area contributed by atoms with Crippen molar-refractivity contribution in [3.63, 3.8) is 0 Å². The first-order valence-electron chi connectivity index (χ1n) is 7.43. The van der Waals surface area contributed by atoms with Gasteiger partial charge in [-0.05, 0) is 24.3 Å². The molecule has 0 spiro atoms. The van der Waals surface area contributed by atoms with Crippen molar-refractivity contribution in [2.24, 2.45) is 0 Å². The van der Waals surface area contributed by atoms with E-state index in [4.69, 9.17) is 0 Å². The van der Waals surface area contributed by atoms with Gasteiger partial charge in [0, 0.05) is 44.0 Å². The maximum atomic E-state index is 4.44. The highest BCUT2D eigenvalue weighted by Crippen LogP contribution is 2.25. The summed E-state index contributed by atoms with van der Waals surface area (Å²) in [5, 5.41) is 0. The smallest absolute Gasteiger partial charge is 0.0958 e. The Morgan fingerprint density at radius 2 is 1.81 bits per heavy atom. The Kier molecular flexibility index (Phi) is 3.16. The summed E-state index contributed by atoms with van der Waals surface area (Å²) in [6.45, 7) is 4.30. The minimum atomic E-state index is 0.603. The van der Waals surface area contributed by atoms with Crippen molar-refractivity contribution in [2.75, 3.05) is 19.6 Å². The molecule has 0 bridgehead atoms. The predicted octanol–water partition coefficient (Wildman–Crippen LogP) is 2.53. The van der Waals surface area contributed by atoms with Crippen LogP contribution in [0.1, 0.15) is 11.6 Å². The molecule has 0 aliphatic carbocycles. The van der Waals surface area contributed by atoms with E-state index >= 15 is 0 Å². The van der Waals surface area contributed by atoms with E-state index in [0.29, 0.717) is 5.92 Å². The lowest BCUT2D eigenvalue weighted by molar-refractivity contribution is 0.141. The first kappa shape index (κ1) is 12.5. The molecule has 0 amide bonds. The number of imidazole rings is 1. The molecule has 4 nitrogen and oxygen atoms in total. The molecule has 1 aliphatic rings. The summed E-state index contributed by atoms with van der Waals surface area (Å²) >= 11 is 0. The minimum absolute atomic E-state index is 0.603. The Morgan fingerprint density at radius 3 is 2.67 bits per heavy atom. The molecule has 106 valence electrons. The molecule has 0 unspecified atom stereocenters. The number of hydrogen-bond donors (Lipinski definition) is 0. The zero-order valence-electron chi connectivity index (χ0n) is 11.9. The standard InChI is InChI=1S/C17H18N4/c1-2-7-17-16(6-1)19-13-21(17)10-9-20-11-14(12-20)15-5-3-4-8-18-15/h1-8,13-14H,9-12H2. The lowest BCUT2D eigenvalue weighted by Crippen LogP contribution is -2.46. The second-order valence-corrected chi connectivity index (χ2v) is 5.64. The van der Waals surface area contributed by atoms with E-state index in [-0.39, 0.29) is 0 Å². The van der Waals surface area contributed by atoms with Crippen molar-refractivity contribution >= 4 is 11.0 Å². The number of hydrogen-bond acceptors (Lipinski definition) is 3.